The summed E-state index contributed by atoms with van der Waals surface area (Å²) in [7, 11) is 3.56. The molecule has 6 heteroatoms. The summed E-state index contributed by atoms with van der Waals surface area (Å²) < 4.78 is 5.25. The smallest absolute Gasteiger partial charge is 0.193 e. The van der Waals surface area contributed by atoms with Crippen LogP contribution in [-0.2, 0) is 0 Å². The molecule has 0 aliphatic carbocycles. The number of halogens is 1. The molecule has 0 saturated heterocycles. The number of aliphatic hydroxyl groups excluding tert-OH is 1. The van der Waals surface area contributed by atoms with Gasteiger partial charge in [0, 0.05) is 37.3 Å². The predicted octanol–water partition coefficient (Wildman–Crippen LogP) is 1.66. The Morgan fingerprint density at radius 2 is 2.35 bits per heavy atom. The van der Waals surface area contributed by atoms with Crippen molar-refractivity contribution in [1.82, 2.24) is 10.2 Å². The van der Waals surface area contributed by atoms with Crippen LogP contribution in [0, 0.1) is 0 Å². The zero-order valence-electron chi connectivity index (χ0n) is 11.8. The molecular formula is C14H20ClN3O2. The van der Waals surface area contributed by atoms with Gasteiger partial charge in [0.25, 0.3) is 0 Å². The molecule has 0 radical (unpaired) electrons. The average Bonchev–Trinajstić information content (AvgIpc) is 2.46. The highest BCUT2D eigenvalue weighted by molar-refractivity contribution is 6.30. The van der Waals surface area contributed by atoms with Crippen molar-refractivity contribution in [2.24, 2.45) is 4.99 Å². The van der Waals surface area contributed by atoms with E-state index in [1.165, 1.54) is 0 Å². The second kappa shape index (κ2) is 6.81. The van der Waals surface area contributed by atoms with E-state index < -0.39 is 6.10 Å². The van der Waals surface area contributed by atoms with Crippen LogP contribution in [0.3, 0.4) is 0 Å². The van der Waals surface area contributed by atoms with Crippen molar-refractivity contribution in [3.8, 4) is 5.75 Å². The van der Waals surface area contributed by atoms with Crippen molar-refractivity contribution in [3.05, 3.63) is 28.8 Å². The van der Waals surface area contributed by atoms with E-state index in [9.17, 15) is 5.11 Å². The molecule has 0 fully saturated rings. The van der Waals surface area contributed by atoms with Gasteiger partial charge in [-0.1, -0.05) is 11.6 Å². The first-order chi connectivity index (χ1) is 9.61. The third kappa shape index (κ3) is 3.55. The first-order valence-electron chi connectivity index (χ1n) is 6.62. The Morgan fingerprint density at radius 1 is 1.55 bits per heavy atom. The Labute approximate surface area is 124 Å². The number of nitrogens with one attached hydrogen (secondary N) is 1. The number of nitrogens with zero attached hydrogens (tertiary/aromatic N) is 2. The summed E-state index contributed by atoms with van der Waals surface area (Å²) >= 11 is 5.97. The molecule has 2 N–H and O–H groups in total. The highest BCUT2D eigenvalue weighted by atomic mass is 35.5. The van der Waals surface area contributed by atoms with Crippen molar-refractivity contribution >= 4 is 17.6 Å². The lowest BCUT2D eigenvalue weighted by Crippen LogP contribution is -2.43. The van der Waals surface area contributed by atoms with Gasteiger partial charge in [0.05, 0.1) is 13.2 Å². The summed E-state index contributed by atoms with van der Waals surface area (Å²) in [5.74, 6) is 1.44. The summed E-state index contributed by atoms with van der Waals surface area (Å²) in [6.45, 7) is 2.16. The topological polar surface area (TPSA) is 57.1 Å². The highest BCUT2D eigenvalue weighted by Crippen LogP contribution is 2.27. The minimum Gasteiger partial charge on any atom is -0.496 e. The number of guanidine groups is 1. The number of hydrogen-bond donors (Lipinski definition) is 2. The quantitative estimate of drug-likeness (QED) is 0.887. The Bertz CT molecular complexity index is 493. The second-order valence-electron chi connectivity index (χ2n) is 4.76. The molecule has 0 amide bonds. The van der Waals surface area contributed by atoms with Gasteiger partial charge in [0.2, 0.25) is 0 Å². The molecule has 0 saturated carbocycles. The molecule has 1 unspecified atom stereocenters. The molecule has 1 aromatic rings. The molecular weight excluding hydrogens is 278 g/mol. The fourth-order valence-electron chi connectivity index (χ4n) is 2.17. The third-order valence-electron chi connectivity index (χ3n) is 3.28. The number of aliphatic hydroxyl groups is 1. The number of hydrogen-bond acceptors (Lipinski definition) is 5. The van der Waals surface area contributed by atoms with E-state index >= 15 is 0 Å². The highest BCUT2D eigenvalue weighted by Gasteiger charge is 2.16. The summed E-state index contributed by atoms with van der Waals surface area (Å²) in [4.78, 5) is 6.45. The number of rotatable bonds is 4. The van der Waals surface area contributed by atoms with Crippen LogP contribution in [0.5, 0.6) is 5.75 Å². The number of benzene rings is 1. The van der Waals surface area contributed by atoms with Gasteiger partial charge in [-0.3, -0.25) is 4.99 Å². The van der Waals surface area contributed by atoms with Crippen molar-refractivity contribution in [2.45, 2.75) is 12.5 Å². The summed E-state index contributed by atoms with van der Waals surface area (Å²) in [6.07, 6.45) is 0.355. The minimum absolute atomic E-state index is 0.361. The molecule has 110 valence electrons. The Morgan fingerprint density at radius 3 is 3.05 bits per heavy atom. The number of methoxy groups -OCH3 is 1. The average molecular weight is 298 g/mol. The predicted molar refractivity (Wildman–Crippen MR) is 80.5 cm³/mol. The maximum Gasteiger partial charge on any atom is 0.193 e. The SMILES string of the molecule is COc1ccc(Cl)cc1C(O)CNC1=NCCCN1C. The van der Waals surface area contributed by atoms with Crippen LogP contribution in [0.4, 0.5) is 0 Å². The molecule has 0 bridgehead atoms. The summed E-state index contributed by atoms with van der Waals surface area (Å²) in [5, 5.41) is 14.0. The zero-order valence-corrected chi connectivity index (χ0v) is 12.5. The van der Waals surface area contributed by atoms with Crippen molar-refractivity contribution in [3.63, 3.8) is 0 Å². The van der Waals surface area contributed by atoms with Gasteiger partial charge in [-0.25, -0.2) is 0 Å². The maximum atomic E-state index is 10.3. The first kappa shape index (κ1) is 14.9. The molecule has 1 aliphatic rings. The standard InChI is InChI=1S/C14H20ClN3O2/c1-18-7-3-6-16-14(18)17-9-12(19)11-8-10(15)4-5-13(11)20-2/h4-5,8,12,19H,3,6-7,9H2,1-2H3,(H,16,17). The van der Waals surface area contributed by atoms with E-state index in [2.05, 4.69) is 10.3 Å². The number of aliphatic imine (C=N–C) groups is 1. The van der Waals surface area contributed by atoms with Crippen molar-refractivity contribution < 1.29 is 9.84 Å². The van der Waals surface area contributed by atoms with Gasteiger partial charge < -0.3 is 20.1 Å². The van der Waals surface area contributed by atoms with Crippen LogP contribution < -0.4 is 10.1 Å². The molecule has 1 aliphatic heterocycles. The van der Waals surface area contributed by atoms with Gasteiger partial charge in [-0.05, 0) is 24.6 Å². The van der Waals surface area contributed by atoms with E-state index in [0.717, 1.165) is 25.5 Å². The fraction of sp³-hybridized carbons (Fsp3) is 0.500. The van der Waals surface area contributed by atoms with Gasteiger partial charge in [0.15, 0.2) is 5.96 Å². The summed E-state index contributed by atoms with van der Waals surface area (Å²) in [6, 6.07) is 5.22. The van der Waals surface area contributed by atoms with Crippen molar-refractivity contribution in [1.29, 1.82) is 0 Å². The summed E-state index contributed by atoms with van der Waals surface area (Å²) in [5.41, 5.74) is 0.673. The van der Waals surface area contributed by atoms with Gasteiger partial charge in [-0.2, -0.15) is 0 Å². The molecule has 2 rings (SSSR count). The Kier molecular flexibility index (Phi) is 5.09. The maximum absolute atomic E-state index is 10.3. The molecule has 0 spiro atoms. The zero-order chi connectivity index (χ0) is 14.5. The molecule has 0 aromatic heterocycles. The van der Waals surface area contributed by atoms with Crippen LogP contribution in [0.1, 0.15) is 18.1 Å². The Balaban J connectivity index is 2.03. The van der Waals surface area contributed by atoms with E-state index in [1.807, 2.05) is 11.9 Å². The van der Waals surface area contributed by atoms with Crippen LogP contribution in [-0.4, -0.2) is 49.8 Å². The van der Waals surface area contributed by atoms with Gasteiger partial charge >= 0.3 is 0 Å². The second-order valence-corrected chi connectivity index (χ2v) is 5.20. The number of ether oxygens (including phenoxy) is 1. The largest absolute Gasteiger partial charge is 0.496 e. The normalized spacial score (nSPS) is 16.6. The first-order valence-corrected chi connectivity index (χ1v) is 7.00. The van der Waals surface area contributed by atoms with E-state index in [4.69, 9.17) is 16.3 Å². The molecule has 1 heterocycles. The molecule has 20 heavy (non-hydrogen) atoms. The molecule has 1 atom stereocenters. The van der Waals surface area contributed by atoms with E-state index in [0.29, 0.717) is 22.9 Å². The van der Waals surface area contributed by atoms with E-state index in [1.54, 1.807) is 25.3 Å². The Hall–Kier alpha value is -1.46. The monoisotopic (exact) mass is 297 g/mol. The van der Waals surface area contributed by atoms with Crippen molar-refractivity contribution in [2.75, 3.05) is 33.8 Å². The lowest BCUT2D eigenvalue weighted by Gasteiger charge is -2.26. The lowest BCUT2D eigenvalue weighted by atomic mass is 10.1. The van der Waals surface area contributed by atoms with Crippen LogP contribution in [0.2, 0.25) is 5.02 Å². The van der Waals surface area contributed by atoms with Gasteiger partial charge in [0.1, 0.15) is 5.75 Å². The lowest BCUT2D eigenvalue weighted by molar-refractivity contribution is 0.175. The third-order valence-corrected chi connectivity index (χ3v) is 3.51. The van der Waals surface area contributed by atoms with Gasteiger partial charge in [-0.15, -0.1) is 0 Å². The minimum atomic E-state index is -0.707. The van der Waals surface area contributed by atoms with Crippen LogP contribution >= 0.6 is 11.6 Å². The van der Waals surface area contributed by atoms with Crippen LogP contribution in [0.25, 0.3) is 0 Å². The van der Waals surface area contributed by atoms with Crippen LogP contribution in [0.15, 0.2) is 23.2 Å². The molecule has 1 aromatic carbocycles. The molecule has 5 nitrogen and oxygen atoms in total. The fourth-order valence-corrected chi connectivity index (χ4v) is 2.35. The van der Waals surface area contributed by atoms with E-state index in [-0.39, 0.29) is 0 Å².